The summed E-state index contributed by atoms with van der Waals surface area (Å²) in [6.07, 6.45) is 4.30. The van der Waals surface area contributed by atoms with E-state index in [1.165, 1.54) is 19.3 Å². The Kier molecular flexibility index (Phi) is 6.08. The third kappa shape index (κ3) is 4.48. The summed E-state index contributed by atoms with van der Waals surface area (Å²) in [5.41, 5.74) is 3.51. The smallest absolute Gasteiger partial charge is 0.244 e. The molecule has 2 aromatic heterocycles. The largest absolute Gasteiger partial charge is 0.504 e. The summed E-state index contributed by atoms with van der Waals surface area (Å²) < 4.78 is 34.0. The van der Waals surface area contributed by atoms with Crippen LogP contribution in [0.5, 0.6) is 11.5 Å². The van der Waals surface area contributed by atoms with Crippen molar-refractivity contribution in [2.75, 3.05) is 7.11 Å². The fraction of sp³-hybridized carbons (Fsp3) is 0.0714. The maximum absolute atomic E-state index is 13.3. The van der Waals surface area contributed by atoms with Crippen LogP contribution in [0.25, 0.3) is 33.6 Å². The van der Waals surface area contributed by atoms with Crippen LogP contribution in [-0.2, 0) is 11.3 Å². The van der Waals surface area contributed by atoms with Crippen molar-refractivity contribution in [3.05, 3.63) is 102 Å². The van der Waals surface area contributed by atoms with Gasteiger partial charge in [0.25, 0.3) is 0 Å². The van der Waals surface area contributed by atoms with Gasteiger partial charge in [-0.3, -0.25) is 9.78 Å². The first kappa shape index (κ1) is 23.0. The minimum absolute atomic E-state index is 0.0507. The molecule has 0 bridgehead atoms. The summed E-state index contributed by atoms with van der Waals surface area (Å²) in [5.74, 6) is -1.43. The topological polar surface area (TPSA) is 76.4 Å². The van der Waals surface area contributed by atoms with E-state index in [0.29, 0.717) is 11.4 Å². The van der Waals surface area contributed by atoms with Crippen LogP contribution < -0.4 is 10.1 Å². The molecule has 8 heteroatoms. The van der Waals surface area contributed by atoms with E-state index >= 15 is 0 Å². The molecule has 0 aliphatic carbocycles. The van der Waals surface area contributed by atoms with E-state index in [-0.39, 0.29) is 17.9 Å². The molecule has 0 spiro atoms. The summed E-state index contributed by atoms with van der Waals surface area (Å²) in [5, 5.41) is 14.7. The van der Waals surface area contributed by atoms with Crippen molar-refractivity contribution >= 4 is 33.8 Å². The molecule has 5 rings (SSSR count). The molecular weight excluding hydrogens is 464 g/mol. The average molecular weight is 485 g/mol. The lowest BCUT2D eigenvalue weighted by Crippen LogP contribution is -2.20. The highest BCUT2D eigenvalue weighted by Crippen LogP contribution is 2.35. The standard InChI is InChI=1S/C28H21F2N3O3/c1-36-27-14-21(7-8-26(27)34)33-24-5-3-2-4-22(24)23-13-20(31-16-25(23)33)15-32-28(35)9-6-17-10-18(29)12-19(30)11-17/h2-14,16,34H,15H2,1H3,(H,32,35)/b9-6+. The summed E-state index contributed by atoms with van der Waals surface area (Å²) in [7, 11) is 1.50. The number of pyridine rings is 1. The number of methoxy groups -OCH3 is 1. The molecule has 2 N–H and O–H groups in total. The Labute approximate surface area is 205 Å². The van der Waals surface area contributed by atoms with Gasteiger partial charge in [0, 0.05) is 29.0 Å². The van der Waals surface area contributed by atoms with E-state index in [4.69, 9.17) is 4.74 Å². The van der Waals surface area contributed by atoms with Crippen molar-refractivity contribution in [1.29, 1.82) is 0 Å². The number of halogens is 2. The minimum atomic E-state index is -0.711. The molecule has 0 atom stereocenters. The molecule has 2 heterocycles. The predicted molar refractivity (Wildman–Crippen MR) is 134 cm³/mol. The number of rotatable bonds is 6. The van der Waals surface area contributed by atoms with E-state index in [1.807, 2.05) is 34.9 Å². The minimum Gasteiger partial charge on any atom is -0.504 e. The zero-order chi connectivity index (χ0) is 25.2. The van der Waals surface area contributed by atoms with Gasteiger partial charge in [0.2, 0.25) is 5.91 Å². The van der Waals surface area contributed by atoms with Gasteiger partial charge in [-0.05, 0) is 48.0 Å². The molecule has 6 nitrogen and oxygen atoms in total. The number of nitrogens with zero attached hydrogens (tertiary/aromatic N) is 2. The molecular formula is C28H21F2N3O3. The molecule has 0 saturated carbocycles. The third-order valence-corrected chi connectivity index (χ3v) is 5.79. The quantitative estimate of drug-likeness (QED) is 0.312. The van der Waals surface area contributed by atoms with Gasteiger partial charge < -0.3 is 19.7 Å². The summed E-state index contributed by atoms with van der Waals surface area (Å²) in [4.78, 5) is 16.8. The number of para-hydroxylation sites is 1. The Balaban J connectivity index is 1.43. The van der Waals surface area contributed by atoms with Crippen LogP contribution in [0.15, 0.2) is 79.0 Å². The molecule has 0 saturated heterocycles. The molecule has 36 heavy (non-hydrogen) atoms. The first-order valence-electron chi connectivity index (χ1n) is 11.1. The van der Waals surface area contributed by atoms with E-state index in [9.17, 15) is 18.7 Å². The van der Waals surface area contributed by atoms with Gasteiger partial charge in [-0.25, -0.2) is 8.78 Å². The Morgan fingerprint density at radius 2 is 1.81 bits per heavy atom. The molecule has 0 aliphatic heterocycles. The number of aromatic nitrogens is 2. The molecule has 3 aromatic carbocycles. The highest BCUT2D eigenvalue weighted by atomic mass is 19.1. The van der Waals surface area contributed by atoms with Crippen molar-refractivity contribution in [1.82, 2.24) is 14.9 Å². The van der Waals surface area contributed by atoms with Crippen molar-refractivity contribution in [2.45, 2.75) is 6.54 Å². The van der Waals surface area contributed by atoms with Gasteiger partial charge in [0.05, 0.1) is 42.3 Å². The van der Waals surface area contributed by atoms with E-state index in [2.05, 4.69) is 10.3 Å². The Hall–Kier alpha value is -4.72. The molecule has 5 aromatic rings. The number of ether oxygens (including phenoxy) is 1. The SMILES string of the molecule is COc1cc(-n2c3ccccc3c3cc(CNC(=O)/C=C/c4cc(F)cc(F)c4)ncc32)ccc1O. The maximum atomic E-state index is 13.3. The van der Waals surface area contributed by atoms with Crippen molar-refractivity contribution in [3.63, 3.8) is 0 Å². The van der Waals surface area contributed by atoms with Crippen LogP contribution in [0, 0.1) is 11.6 Å². The van der Waals surface area contributed by atoms with Crippen molar-refractivity contribution in [2.24, 2.45) is 0 Å². The highest BCUT2D eigenvalue weighted by Gasteiger charge is 2.15. The number of benzene rings is 3. The number of amides is 1. The van der Waals surface area contributed by atoms with Crippen molar-refractivity contribution in [3.8, 4) is 17.2 Å². The Morgan fingerprint density at radius 3 is 2.58 bits per heavy atom. The van der Waals surface area contributed by atoms with Gasteiger partial charge >= 0.3 is 0 Å². The summed E-state index contributed by atoms with van der Waals surface area (Å²) >= 11 is 0. The average Bonchev–Trinajstić information content (AvgIpc) is 3.20. The molecule has 0 aliphatic rings. The first-order valence-corrected chi connectivity index (χ1v) is 11.1. The normalized spacial score (nSPS) is 11.4. The number of hydrogen-bond donors (Lipinski definition) is 2. The Bertz CT molecular complexity index is 1620. The van der Waals surface area contributed by atoms with E-state index in [0.717, 1.165) is 45.7 Å². The summed E-state index contributed by atoms with van der Waals surface area (Å²) in [6, 6.07) is 18.0. The molecule has 0 unspecified atom stereocenters. The maximum Gasteiger partial charge on any atom is 0.244 e. The van der Waals surface area contributed by atoms with Crippen LogP contribution >= 0.6 is 0 Å². The first-order chi connectivity index (χ1) is 17.4. The highest BCUT2D eigenvalue weighted by molar-refractivity contribution is 6.09. The molecule has 180 valence electrons. The van der Waals surface area contributed by atoms with Crippen LogP contribution in [0.2, 0.25) is 0 Å². The van der Waals surface area contributed by atoms with Crippen LogP contribution in [0.3, 0.4) is 0 Å². The number of carbonyl (C=O) groups excluding carboxylic acids is 1. The number of fused-ring (bicyclic) bond motifs is 3. The number of phenolic OH excluding ortho intramolecular Hbond substituents is 1. The zero-order valence-electron chi connectivity index (χ0n) is 19.2. The lowest BCUT2D eigenvalue weighted by molar-refractivity contribution is -0.116. The second-order valence-electron chi connectivity index (χ2n) is 8.16. The fourth-order valence-electron chi connectivity index (χ4n) is 4.17. The number of hydrogen-bond acceptors (Lipinski definition) is 4. The lowest BCUT2D eigenvalue weighted by atomic mass is 10.1. The van der Waals surface area contributed by atoms with Gasteiger partial charge in [0.1, 0.15) is 11.6 Å². The second-order valence-corrected chi connectivity index (χ2v) is 8.16. The summed E-state index contributed by atoms with van der Waals surface area (Å²) in [6.45, 7) is 0.170. The molecule has 1 amide bonds. The zero-order valence-corrected chi connectivity index (χ0v) is 19.2. The second kappa shape index (κ2) is 9.50. The van der Waals surface area contributed by atoms with Gasteiger partial charge in [-0.1, -0.05) is 18.2 Å². The lowest BCUT2D eigenvalue weighted by Gasteiger charge is -2.10. The Morgan fingerprint density at radius 1 is 1.03 bits per heavy atom. The van der Waals surface area contributed by atoms with Crippen molar-refractivity contribution < 1.29 is 23.4 Å². The van der Waals surface area contributed by atoms with Gasteiger partial charge in [-0.2, -0.15) is 0 Å². The molecule has 0 radical (unpaired) electrons. The van der Waals surface area contributed by atoms with Crippen LogP contribution in [0.4, 0.5) is 8.78 Å². The predicted octanol–water partition coefficient (Wildman–Crippen LogP) is 5.50. The number of phenols is 1. The fourth-order valence-corrected chi connectivity index (χ4v) is 4.17. The molecule has 0 fully saturated rings. The number of nitrogens with one attached hydrogen (secondary N) is 1. The van der Waals surface area contributed by atoms with E-state index in [1.54, 1.807) is 24.4 Å². The monoisotopic (exact) mass is 485 g/mol. The third-order valence-electron chi connectivity index (χ3n) is 5.79. The van der Waals surface area contributed by atoms with Gasteiger partial charge in [-0.15, -0.1) is 0 Å². The van der Waals surface area contributed by atoms with E-state index < -0.39 is 17.5 Å². The number of carbonyl (C=O) groups is 1. The van der Waals surface area contributed by atoms with Gasteiger partial charge in [0.15, 0.2) is 11.5 Å². The van der Waals surface area contributed by atoms with Crippen LogP contribution in [-0.4, -0.2) is 27.7 Å². The van der Waals surface area contributed by atoms with Crippen LogP contribution in [0.1, 0.15) is 11.3 Å². The number of aromatic hydroxyl groups is 1.